The number of thioether (sulfide) groups is 1. The van der Waals surface area contributed by atoms with E-state index in [4.69, 9.17) is 4.74 Å². The Morgan fingerprint density at radius 1 is 1.45 bits per heavy atom. The maximum absolute atomic E-state index is 11.7. The van der Waals surface area contributed by atoms with Crippen LogP contribution in [0, 0.1) is 6.92 Å². The van der Waals surface area contributed by atoms with Crippen LogP contribution in [0.2, 0.25) is 0 Å². The van der Waals surface area contributed by atoms with Crippen molar-refractivity contribution in [1.29, 1.82) is 0 Å². The third-order valence-corrected chi connectivity index (χ3v) is 3.79. The summed E-state index contributed by atoms with van der Waals surface area (Å²) < 4.78 is 4.89. The van der Waals surface area contributed by atoms with Gasteiger partial charge in [-0.3, -0.25) is 4.79 Å². The molecule has 0 aliphatic rings. The normalized spacial score (nSPS) is 10.7. The SMILES string of the molecule is COCCNC(=O)CSc1cnnc2ccc(C)cc12. The number of methoxy groups -OCH3 is 1. The molecule has 0 bridgehead atoms. The van der Waals surface area contributed by atoms with E-state index in [1.165, 1.54) is 11.8 Å². The maximum Gasteiger partial charge on any atom is 0.230 e. The lowest BCUT2D eigenvalue weighted by Gasteiger charge is -2.06. The molecule has 5 nitrogen and oxygen atoms in total. The molecule has 1 aromatic heterocycles. The second kappa shape index (κ2) is 7.21. The van der Waals surface area contributed by atoms with E-state index in [0.717, 1.165) is 21.4 Å². The van der Waals surface area contributed by atoms with Crippen LogP contribution in [-0.2, 0) is 9.53 Å². The van der Waals surface area contributed by atoms with Crippen molar-refractivity contribution >= 4 is 28.6 Å². The first-order valence-corrected chi connectivity index (χ1v) is 7.30. The van der Waals surface area contributed by atoms with Gasteiger partial charge in [0.05, 0.1) is 24.1 Å². The molecule has 2 rings (SSSR count). The molecule has 0 radical (unpaired) electrons. The van der Waals surface area contributed by atoms with Gasteiger partial charge in [0.25, 0.3) is 0 Å². The average molecular weight is 291 g/mol. The van der Waals surface area contributed by atoms with Crippen LogP contribution < -0.4 is 5.32 Å². The molecule has 1 aromatic carbocycles. The standard InChI is InChI=1S/C14H17N3O2S/c1-10-3-4-12-11(7-10)13(8-16-17-12)20-9-14(18)15-5-6-19-2/h3-4,7-8H,5-6,9H2,1-2H3,(H,15,18). The van der Waals surface area contributed by atoms with Gasteiger partial charge in [-0.25, -0.2) is 0 Å². The van der Waals surface area contributed by atoms with E-state index in [1.807, 2.05) is 19.1 Å². The van der Waals surface area contributed by atoms with Crippen LogP contribution in [0.4, 0.5) is 0 Å². The summed E-state index contributed by atoms with van der Waals surface area (Å²) in [5.74, 6) is 0.350. The molecule has 20 heavy (non-hydrogen) atoms. The first kappa shape index (κ1) is 14.7. The number of carbonyl (C=O) groups is 1. The second-order valence-electron chi connectivity index (χ2n) is 4.36. The van der Waals surface area contributed by atoms with Crippen LogP contribution in [0.15, 0.2) is 29.3 Å². The number of nitrogens with one attached hydrogen (secondary N) is 1. The molecule has 0 saturated carbocycles. The van der Waals surface area contributed by atoms with E-state index in [2.05, 4.69) is 21.6 Å². The van der Waals surface area contributed by atoms with Gasteiger partial charge >= 0.3 is 0 Å². The van der Waals surface area contributed by atoms with E-state index < -0.39 is 0 Å². The summed E-state index contributed by atoms with van der Waals surface area (Å²) in [4.78, 5) is 12.6. The first-order chi connectivity index (χ1) is 9.70. The summed E-state index contributed by atoms with van der Waals surface area (Å²) in [7, 11) is 1.61. The van der Waals surface area contributed by atoms with Crippen LogP contribution in [-0.4, -0.2) is 42.1 Å². The summed E-state index contributed by atoms with van der Waals surface area (Å²) in [6.45, 7) is 3.09. The Labute approximate surface area is 122 Å². The molecule has 6 heteroatoms. The molecule has 1 N–H and O–H groups in total. The van der Waals surface area contributed by atoms with Crippen LogP contribution in [0.25, 0.3) is 10.9 Å². The Morgan fingerprint density at radius 2 is 2.30 bits per heavy atom. The predicted octanol–water partition coefficient (Wildman–Crippen LogP) is 1.79. The number of nitrogens with zero attached hydrogens (tertiary/aromatic N) is 2. The second-order valence-corrected chi connectivity index (χ2v) is 5.38. The van der Waals surface area contributed by atoms with Crippen molar-refractivity contribution in [3.8, 4) is 0 Å². The van der Waals surface area contributed by atoms with E-state index >= 15 is 0 Å². The highest BCUT2D eigenvalue weighted by molar-refractivity contribution is 8.00. The fraction of sp³-hybridized carbons (Fsp3) is 0.357. The molecular weight excluding hydrogens is 274 g/mol. The monoisotopic (exact) mass is 291 g/mol. The van der Waals surface area contributed by atoms with Crippen LogP contribution >= 0.6 is 11.8 Å². The molecule has 0 atom stereocenters. The van der Waals surface area contributed by atoms with Gasteiger partial charge in [0.2, 0.25) is 5.91 Å². The zero-order valence-corrected chi connectivity index (χ0v) is 12.4. The number of aromatic nitrogens is 2. The van der Waals surface area contributed by atoms with Gasteiger partial charge in [-0.15, -0.1) is 11.8 Å². The van der Waals surface area contributed by atoms with Gasteiger partial charge in [-0.05, 0) is 19.1 Å². The molecule has 106 valence electrons. The van der Waals surface area contributed by atoms with Crippen LogP contribution in [0.5, 0.6) is 0 Å². The van der Waals surface area contributed by atoms with E-state index in [9.17, 15) is 4.79 Å². The van der Waals surface area contributed by atoms with Gasteiger partial charge in [0, 0.05) is 23.9 Å². The molecule has 0 aliphatic carbocycles. The highest BCUT2D eigenvalue weighted by Crippen LogP contribution is 2.26. The Morgan fingerprint density at radius 3 is 3.10 bits per heavy atom. The number of ether oxygens (including phenoxy) is 1. The number of fused-ring (bicyclic) bond motifs is 1. The fourth-order valence-corrected chi connectivity index (χ4v) is 2.58. The highest BCUT2D eigenvalue weighted by atomic mass is 32.2. The van der Waals surface area contributed by atoms with Gasteiger partial charge in [-0.2, -0.15) is 10.2 Å². The minimum atomic E-state index is -0.00957. The first-order valence-electron chi connectivity index (χ1n) is 6.31. The number of carbonyl (C=O) groups excluding carboxylic acids is 1. The van der Waals surface area contributed by atoms with Gasteiger partial charge in [0.1, 0.15) is 0 Å². The van der Waals surface area contributed by atoms with Gasteiger partial charge in [0.15, 0.2) is 0 Å². The number of hydrogen-bond donors (Lipinski definition) is 1. The molecule has 1 amide bonds. The fourth-order valence-electron chi connectivity index (χ4n) is 1.75. The molecule has 1 heterocycles. The Kier molecular flexibility index (Phi) is 5.31. The van der Waals surface area contributed by atoms with Crippen molar-refractivity contribution in [2.75, 3.05) is 26.0 Å². The summed E-state index contributed by atoms with van der Waals surface area (Å²) >= 11 is 1.47. The molecule has 0 aliphatic heterocycles. The highest BCUT2D eigenvalue weighted by Gasteiger charge is 2.07. The summed E-state index contributed by atoms with van der Waals surface area (Å²) in [6.07, 6.45) is 1.70. The number of hydrogen-bond acceptors (Lipinski definition) is 5. The Balaban J connectivity index is 2.02. The van der Waals surface area contributed by atoms with Gasteiger partial charge in [-0.1, -0.05) is 11.6 Å². The Bertz CT molecular complexity index is 604. The zero-order valence-electron chi connectivity index (χ0n) is 11.5. The minimum Gasteiger partial charge on any atom is -0.383 e. The summed E-state index contributed by atoms with van der Waals surface area (Å²) in [6, 6.07) is 6.01. The zero-order chi connectivity index (χ0) is 14.4. The van der Waals surface area contributed by atoms with Crippen molar-refractivity contribution in [3.63, 3.8) is 0 Å². The number of benzene rings is 1. The largest absolute Gasteiger partial charge is 0.383 e. The van der Waals surface area contributed by atoms with Gasteiger partial charge < -0.3 is 10.1 Å². The summed E-state index contributed by atoms with van der Waals surface area (Å²) in [5.41, 5.74) is 2.01. The number of aryl methyl sites for hydroxylation is 1. The molecular formula is C14H17N3O2S. The van der Waals surface area contributed by atoms with Crippen molar-refractivity contribution in [2.45, 2.75) is 11.8 Å². The molecule has 0 unspecified atom stereocenters. The number of rotatable bonds is 6. The molecule has 0 spiro atoms. The molecule has 2 aromatic rings. The van der Waals surface area contributed by atoms with E-state index in [1.54, 1.807) is 13.3 Å². The van der Waals surface area contributed by atoms with Crippen molar-refractivity contribution in [3.05, 3.63) is 30.0 Å². The van der Waals surface area contributed by atoms with Crippen molar-refractivity contribution < 1.29 is 9.53 Å². The van der Waals surface area contributed by atoms with Crippen LogP contribution in [0.1, 0.15) is 5.56 Å². The smallest absolute Gasteiger partial charge is 0.230 e. The third-order valence-electron chi connectivity index (χ3n) is 2.75. The van der Waals surface area contributed by atoms with Crippen molar-refractivity contribution in [2.24, 2.45) is 0 Å². The van der Waals surface area contributed by atoms with Crippen molar-refractivity contribution in [1.82, 2.24) is 15.5 Å². The molecule has 0 fully saturated rings. The topological polar surface area (TPSA) is 64.1 Å². The maximum atomic E-state index is 11.7. The van der Waals surface area contributed by atoms with Crippen LogP contribution in [0.3, 0.4) is 0 Å². The lowest BCUT2D eigenvalue weighted by atomic mass is 10.1. The average Bonchev–Trinajstić information content (AvgIpc) is 2.45. The number of amides is 1. The minimum absolute atomic E-state index is 0.00957. The predicted molar refractivity (Wildman–Crippen MR) is 79.9 cm³/mol. The third kappa shape index (κ3) is 3.91. The van der Waals surface area contributed by atoms with E-state index in [0.29, 0.717) is 18.9 Å². The summed E-state index contributed by atoms with van der Waals surface area (Å²) in [5, 5.41) is 11.9. The van der Waals surface area contributed by atoms with E-state index in [-0.39, 0.29) is 5.91 Å². The lowest BCUT2D eigenvalue weighted by molar-refractivity contribution is -0.118. The Hall–Kier alpha value is -1.66. The quantitative estimate of drug-likeness (QED) is 0.649. The molecule has 0 saturated heterocycles. The lowest BCUT2D eigenvalue weighted by Crippen LogP contribution is -2.28.